The van der Waals surface area contributed by atoms with Gasteiger partial charge in [-0.15, -0.1) is 0 Å². The Morgan fingerprint density at radius 3 is 2.69 bits per heavy atom. The van der Waals surface area contributed by atoms with Gasteiger partial charge >= 0.3 is 21.8 Å². The van der Waals surface area contributed by atoms with Crippen LogP contribution >= 0.6 is 16.1 Å². The van der Waals surface area contributed by atoms with Gasteiger partial charge in [0.1, 0.15) is 29.8 Å². The summed E-state index contributed by atoms with van der Waals surface area (Å²) < 4.78 is 55.9. The number of rotatable bonds is 8. The van der Waals surface area contributed by atoms with Crippen molar-refractivity contribution in [3.8, 4) is 0 Å². The topological polar surface area (TPSA) is 213 Å². The molecule has 0 spiro atoms. The molecule has 2 aromatic heterocycles. The van der Waals surface area contributed by atoms with Crippen molar-refractivity contribution < 1.29 is 51.6 Å². The molecule has 4 N–H and O–H groups in total. The van der Waals surface area contributed by atoms with E-state index in [4.69, 9.17) is 14.2 Å². The monoisotopic (exact) mass is 537 g/mol. The number of ether oxygens (including phenoxy) is 1. The third kappa shape index (κ3) is 5.35. The first-order valence-corrected chi connectivity index (χ1v) is 12.5. The van der Waals surface area contributed by atoms with Crippen LogP contribution in [0.4, 0.5) is 4.39 Å². The number of fused-ring (bicyclic) bond motifs is 1. The average molecular weight is 537 g/mol. The van der Waals surface area contributed by atoms with Gasteiger partial charge in [0.05, 0.1) is 13.2 Å². The summed E-state index contributed by atoms with van der Waals surface area (Å²) in [5, 5.41) is 24.7. The van der Waals surface area contributed by atoms with Gasteiger partial charge in [-0.25, -0.2) is 18.1 Å². The van der Waals surface area contributed by atoms with E-state index in [9.17, 15) is 38.2 Å². The number of hydrogen-bond acceptors (Lipinski definition) is 11. The summed E-state index contributed by atoms with van der Waals surface area (Å²) in [4.78, 5) is 43.4. The Kier molecular flexibility index (Phi) is 7.20. The molecule has 1 saturated heterocycles. The molecule has 190 valence electrons. The molecule has 3 aromatic rings. The van der Waals surface area contributed by atoms with Gasteiger partial charge in [0.2, 0.25) is 0 Å². The maximum absolute atomic E-state index is 13.4. The quantitative estimate of drug-likeness (QED) is 0.267. The van der Waals surface area contributed by atoms with E-state index >= 15 is 0 Å². The van der Waals surface area contributed by atoms with Gasteiger partial charge in [0.25, 0.3) is 5.56 Å². The molecule has 18 heteroatoms. The molecule has 6 atom stereocenters. The van der Waals surface area contributed by atoms with E-state index in [0.29, 0.717) is 5.39 Å². The molecule has 1 fully saturated rings. The van der Waals surface area contributed by atoms with Crippen LogP contribution in [-0.2, 0) is 29.2 Å². The van der Waals surface area contributed by atoms with Crippen LogP contribution in [0.3, 0.4) is 0 Å². The number of phosphoric ester groups is 1. The average Bonchev–Trinajstić information content (AvgIpc) is 3.29. The fraction of sp³-hybridized carbons (Fsp3) is 0.353. The van der Waals surface area contributed by atoms with E-state index in [2.05, 4.69) is 14.0 Å². The van der Waals surface area contributed by atoms with Crippen LogP contribution in [0.1, 0.15) is 11.9 Å². The zero-order valence-electron chi connectivity index (χ0n) is 17.3. The number of nitrogens with zero attached hydrogens (tertiary/aromatic N) is 3. The molecule has 4 rings (SSSR count). The maximum atomic E-state index is 13.4. The minimum absolute atomic E-state index is 0.0985. The molecule has 15 nitrogen and oxygen atoms in total. The summed E-state index contributed by atoms with van der Waals surface area (Å²) in [5.41, 5.74) is -1.46. The van der Waals surface area contributed by atoms with E-state index in [1.165, 1.54) is 6.07 Å². The van der Waals surface area contributed by atoms with Gasteiger partial charge in [-0.3, -0.25) is 23.0 Å². The minimum Gasteiger partial charge on any atom is -0.387 e. The smallest absolute Gasteiger partial charge is 0.387 e. The second-order valence-electron chi connectivity index (χ2n) is 7.37. The molecule has 1 aliphatic heterocycles. The highest BCUT2D eigenvalue weighted by Gasteiger charge is 2.45. The number of benzene rings is 1. The first-order chi connectivity index (χ1) is 16.5. The first-order valence-electron chi connectivity index (χ1n) is 9.74. The Hall–Kier alpha value is -2.52. The molecule has 1 aromatic carbocycles. The summed E-state index contributed by atoms with van der Waals surface area (Å²) in [6.07, 6.45) is -5.44. The molecule has 35 heavy (non-hydrogen) atoms. The van der Waals surface area contributed by atoms with Gasteiger partial charge in [-0.1, -0.05) is 5.16 Å². The van der Waals surface area contributed by atoms with E-state index in [0.717, 1.165) is 33.5 Å². The minimum atomic E-state index is -4.96. The molecule has 1 aliphatic rings. The van der Waals surface area contributed by atoms with Crippen molar-refractivity contribution in [3.05, 3.63) is 62.8 Å². The highest BCUT2D eigenvalue weighted by molar-refractivity contribution is 7.55. The number of aliphatic hydroxyl groups is 2. The standard InChI is InChI=1S/C17H18FN3O12P2/c18-8-1-2-9-10(19-32-11(9)5-8)6-21-13(22)3-4-20(17(21)25)16-15(24)14(23)12(31-16)7-30-35(28,29)33-34(26)27/h1-5,12,14-16,23-24,34H,6-7H2,(H,26,27)(H,28,29)/t12-,14+,15?,16-/m1/s1. The molecule has 3 heterocycles. The van der Waals surface area contributed by atoms with Crippen molar-refractivity contribution >= 4 is 27.0 Å². The highest BCUT2D eigenvalue weighted by atomic mass is 31.2. The van der Waals surface area contributed by atoms with Crippen LogP contribution in [-0.4, -0.2) is 59.2 Å². The van der Waals surface area contributed by atoms with Crippen LogP contribution in [0.15, 0.2) is 44.6 Å². The van der Waals surface area contributed by atoms with E-state index in [1.807, 2.05) is 0 Å². The van der Waals surface area contributed by atoms with E-state index in [-0.39, 0.29) is 17.8 Å². The third-order valence-corrected chi connectivity index (χ3v) is 7.14. The number of hydrogen-bond donors (Lipinski definition) is 4. The molecule has 0 saturated carbocycles. The summed E-state index contributed by atoms with van der Waals surface area (Å²) in [6, 6.07) is 4.59. The molecule has 0 radical (unpaired) electrons. The molecule has 0 bridgehead atoms. The lowest BCUT2D eigenvalue weighted by molar-refractivity contribution is -0.0546. The van der Waals surface area contributed by atoms with Crippen LogP contribution in [0, 0.1) is 5.82 Å². The molecular formula is C17H18FN3O12P2. The zero-order valence-corrected chi connectivity index (χ0v) is 19.2. The summed E-state index contributed by atoms with van der Waals surface area (Å²) in [6.45, 7) is -1.23. The Balaban J connectivity index is 1.58. The van der Waals surface area contributed by atoms with Crippen molar-refractivity contribution in [2.75, 3.05) is 6.61 Å². The van der Waals surface area contributed by atoms with Crippen molar-refractivity contribution in [1.29, 1.82) is 0 Å². The SMILES string of the molecule is O=c1ccn([C@@H]2O[C@H](COP(=O)(O)O[PH](=O)O)[C@H](O)C2O)c(=O)n1Cc1noc2cc(F)ccc12. The number of aromatic nitrogens is 3. The lowest BCUT2D eigenvalue weighted by Gasteiger charge is -2.18. The Bertz CT molecular complexity index is 1440. The highest BCUT2D eigenvalue weighted by Crippen LogP contribution is 2.51. The van der Waals surface area contributed by atoms with E-state index < -0.39 is 64.3 Å². The van der Waals surface area contributed by atoms with Crippen LogP contribution in [0.5, 0.6) is 0 Å². The Morgan fingerprint density at radius 1 is 1.23 bits per heavy atom. The van der Waals surface area contributed by atoms with E-state index in [1.54, 1.807) is 0 Å². The number of phosphoric acid groups is 1. The molecule has 0 amide bonds. The number of halogens is 1. The Morgan fingerprint density at radius 2 is 1.97 bits per heavy atom. The van der Waals surface area contributed by atoms with Gasteiger partial charge in [0.15, 0.2) is 11.8 Å². The summed E-state index contributed by atoms with van der Waals surface area (Å²) in [7, 11) is -8.78. The normalized spacial score (nSPS) is 25.1. The van der Waals surface area contributed by atoms with Gasteiger partial charge in [0, 0.05) is 23.7 Å². The predicted molar refractivity (Wildman–Crippen MR) is 112 cm³/mol. The van der Waals surface area contributed by atoms with Crippen LogP contribution in [0.25, 0.3) is 11.0 Å². The third-order valence-electron chi connectivity index (χ3n) is 5.12. The van der Waals surface area contributed by atoms with Crippen molar-refractivity contribution in [2.45, 2.75) is 31.1 Å². The van der Waals surface area contributed by atoms with Gasteiger partial charge in [-0.2, -0.15) is 0 Å². The van der Waals surface area contributed by atoms with Crippen molar-refractivity contribution in [3.63, 3.8) is 0 Å². The largest absolute Gasteiger partial charge is 0.479 e. The maximum Gasteiger partial charge on any atom is 0.479 e. The fourth-order valence-electron chi connectivity index (χ4n) is 3.49. The lowest BCUT2D eigenvalue weighted by atomic mass is 10.1. The lowest BCUT2D eigenvalue weighted by Crippen LogP contribution is -2.43. The number of aliphatic hydroxyl groups excluding tert-OH is 2. The molecule has 3 unspecified atom stereocenters. The first kappa shape index (κ1) is 25.6. The van der Waals surface area contributed by atoms with Gasteiger partial charge in [-0.05, 0) is 12.1 Å². The molecular weight excluding hydrogens is 519 g/mol. The summed E-state index contributed by atoms with van der Waals surface area (Å²) >= 11 is 0. The Labute approximate surface area is 194 Å². The van der Waals surface area contributed by atoms with Gasteiger partial charge < -0.3 is 29.3 Å². The molecule has 0 aliphatic carbocycles. The zero-order chi connectivity index (χ0) is 25.5. The van der Waals surface area contributed by atoms with Crippen molar-refractivity contribution in [2.24, 2.45) is 0 Å². The van der Waals surface area contributed by atoms with Crippen LogP contribution in [0.2, 0.25) is 0 Å². The predicted octanol–water partition coefficient (Wildman–Crippen LogP) is -0.527. The summed E-state index contributed by atoms with van der Waals surface area (Å²) in [5.74, 6) is -0.571. The second kappa shape index (κ2) is 9.85. The van der Waals surface area contributed by atoms with Crippen LogP contribution < -0.4 is 11.2 Å². The second-order valence-corrected chi connectivity index (χ2v) is 9.82. The van der Waals surface area contributed by atoms with Crippen molar-refractivity contribution in [1.82, 2.24) is 14.3 Å². The fourth-order valence-corrected chi connectivity index (χ4v) is 4.82.